The highest BCUT2D eigenvalue weighted by Crippen LogP contribution is 2.42. The van der Waals surface area contributed by atoms with Crippen molar-refractivity contribution in [1.29, 1.82) is 0 Å². The third kappa shape index (κ3) is 1.38. The van der Waals surface area contributed by atoms with Gasteiger partial charge < -0.3 is 4.90 Å². The third-order valence-electron chi connectivity index (χ3n) is 4.13. The van der Waals surface area contributed by atoms with Crippen LogP contribution in [0.1, 0.15) is 31.2 Å². The van der Waals surface area contributed by atoms with Crippen LogP contribution in [0.3, 0.4) is 0 Å². The summed E-state index contributed by atoms with van der Waals surface area (Å²) in [6.45, 7) is 3.31. The molecule has 0 aromatic heterocycles. The molecule has 1 aromatic rings. The van der Waals surface area contributed by atoms with Gasteiger partial charge in [0, 0.05) is 12.2 Å². The first-order valence-electron chi connectivity index (χ1n) is 6.33. The number of benzene rings is 1. The molecule has 2 aliphatic rings. The highest BCUT2D eigenvalue weighted by molar-refractivity contribution is 5.59. The van der Waals surface area contributed by atoms with E-state index >= 15 is 0 Å². The van der Waals surface area contributed by atoms with Gasteiger partial charge in [0.25, 0.3) is 0 Å². The summed E-state index contributed by atoms with van der Waals surface area (Å²) in [5.74, 6) is 0. The van der Waals surface area contributed by atoms with Crippen molar-refractivity contribution in [2.75, 3.05) is 11.4 Å². The Morgan fingerprint density at radius 2 is 1.88 bits per heavy atom. The van der Waals surface area contributed by atoms with E-state index < -0.39 is 0 Å². The van der Waals surface area contributed by atoms with Crippen molar-refractivity contribution in [2.45, 2.75) is 38.1 Å². The normalized spacial score (nSPS) is 22.2. The number of nitrogens with zero attached hydrogens (tertiary/aromatic N) is 1. The molecule has 0 atom stereocenters. The average Bonchev–Trinajstić information content (AvgIpc) is 2.91. The molecule has 1 fully saturated rings. The fourth-order valence-corrected chi connectivity index (χ4v) is 3.28. The molecule has 84 valence electrons. The molecule has 1 aromatic carbocycles. The number of para-hydroxylation sites is 1. The number of hydrogen-bond donors (Lipinski definition) is 0. The summed E-state index contributed by atoms with van der Waals surface area (Å²) < 4.78 is 0. The molecule has 0 radical (unpaired) electrons. The van der Waals surface area contributed by atoms with E-state index in [1.54, 1.807) is 0 Å². The molecule has 1 heterocycles. The summed E-state index contributed by atoms with van der Waals surface area (Å²) in [6.07, 6.45) is 10.2. The van der Waals surface area contributed by atoms with Crippen LogP contribution >= 0.6 is 0 Å². The van der Waals surface area contributed by atoms with E-state index in [2.05, 4.69) is 48.2 Å². The second-order valence-electron chi connectivity index (χ2n) is 5.11. The minimum Gasteiger partial charge on any atom is -0.358 e. The van der Waals surface area contributed by atoms with Crippen LogP contribution in [0.15, 0.2) is 36.4 Å². The number of rotatable bonds is 1. The van der Waals surface area contributed by atoms with Crippen LogP contribution in [0.2, 0.25) is 0 Å². The fourth-order valence-electron chi connectivity index (χ4n) is 3.28. The monoisotopic (exact) mass is 213 g/mol. The first-order valence-corrected chi connectivity index (χ1v) is 6.33. The zero-order valence-corrected chi connectivity index (χ0v) is 9.95. The average molecular weight is 213 g/mol. The maximum atomic E-state index is 2.61. The first kappa shape index (κ1) is 9.95. The van der Waals surface area contributed by atoms with Crippen molar-refractivity contribution in [3.63, 3.8) is 0 Å². The largest absolute Gasteiger partial charge is 0.358 e. The summed E-state index contributed by atoms with van der Waals surface area (Å²) in [5.41, 5.74) is 3.18. The Balaban J connectivity index is 1.99. The van der Waals surface area contributed by atoms with Crippen molar-refractivity contribution < 1.29 is 0 Å². The molecule has 1 spiro atoms. The van der Waals surface area contributed by atoms with Crippen molar-refractivity contribution in [3.05, 3.63) is 42.0 Å². The highest BCUT2D eigenvalue weighted by atomic mass is 15.2. The van der Waals surface area contributed by atoms with Crippen LogP contribution in [0.25, 0.3) is 0 Å². The third-order valence-corrected chi connectivity index (χ3v) is 4.13. The predicted octanol–water partition coefficient (Wildman–Crippen LogP) is 3.68. The summed E-state index contributed by atoms with van der Waals surface area (Å²) in [5, 5.41) is 0. The maximum Gasteiger partial charge on any atom is 0.0589 e. The predicted molar refractivity (Wildman–Crippen MR) is 68.9 cm³/mol. The van der Waals surface area contributed by atoms with Crippen molar-refractivity contribution in [1.82, 2.24) is 0 Å². The molecule has 1 nitrogen and oxygen atoms in total. The minimum absolute atomic E-state index is 0.353. The summed E-state index contributed by atoms with van der Waals surface area (Å²) >= 11 is 0. The van der Waals surface area contributed by atoms with Gasteiger partial charge in [-0.3, -0.25) is 0 Å². The van der Waals surface area contributed by atoms with Crippen molar-refractivity contribution in [3.8, 4) is 0 Å². The zero-order chi connectivity index (χ0) is 11.0. The molecule has 0 unspecified atom stereocenters. The zero-order valence-electron chi connectivity index (χ0n) is 9.95. The van der Waals surface area contributed by atoms with Crippen LogP contribution in [-0.4, -0.2) is 12.1 Å². The molecule has 1 aliphatic heterocycles. The number of hydrogen-bond acceptors (Lipinski definition) is 1. The van der Waals surface area contributed by atoms with Gasteiger partial charge in [0.1, 0.15) is 0 Å². The van der Waals surface area contributed by atoms with Crippen LogP contribution in [0, 0.1) is 6.92 Å². The molecule has 0 N–H and O–H groups in total. The Bertz CT molecular complexity index is 413. The molecule has 0 saturated heterocycles. The molecule has 1 saturated carbocycles. The minimum atomic E-state index is 0.353. The topological polar surface area (TPSA) is 3.24 Å². The standard InChI is InChI=1S/C15H19N/c1-13-7-2-3-8-14(13)16-12-6-11-15(16)9-4-5-10-15/h2-3,6-8,11H,4-5,9-10,12H2,1H3. The van der Waals surface area contributed by atoms with Gasteiger partial charge in [0.2, 0.25) is 0 Å². The van der Waals surface area contributed by atoms with E-state index in [9.17, 15) is 0 Å². The Hall–Kier alpha value is -1.24. The lowest BCUT2D eigenvalue weighted by atomic mass is 9.96. The van der Waals surface area contributed by atoms with E-state index in [0.717, 1.165) is 6.54 Å². The van der Waals surface area contributed by atoms with E-state index in [1.165, 1.54) is 36.9 Å². The summed E-state index contributed by atoms with van der Waals surface area (Å²) in [6, 6.07) is 8.77. The Morgan fingerprint density at radius 3 is 2.62 bits per heavy atom. The second kappa shape index (κ2) is 3.65. The number of aryl methyl sites for hydroxylation is 1. The fraction of sp³-hybridized carbons (Fsp3) is 0.467. The molecule has 1 heteroatoms. The van der Waals surface area contributed by atoms with Crippen LogP contribution in [0.4, 0.5) is 5.69 Å². The van der Waals surface area contributed by atoms with Crippen LogP contribution in [0.5, 0.6) is 0 Å². The summed E-state index contributed by atoms with van der Waals surface area (Å²) in [7, 11) is 0. The van der Waals surface area contributed by atoms with E-state index in [4.69, 9.17) is 0 Å². The van der Waals surface area contributed by atoms with Gasteiger partial charge in [-0.2, -0.15) is 0 Å². The molecular weight excluding hydrogens is 194 g/mol. The Kier molecular flexibility index (Phi) is 2.27. The molecule has 1 aliphatic carbocycles. The highest BCUT2D eigenvalue weighted by Gasteiger charge is 2.39. The lowest BCUT2D eigenvalue weighted by molar-refractivity contribution is 0.522. The van der Waals surface area contributed by atoms with Gasteiger partial charge in [-0.05, 0) is 31.4 Å². The lowest BCUT2D eigenvalue weighted by Crippen LogP contribution is -2.42. The number of anilines is 1. The van der Waals surface area contributed by atoms with E-state index in [1.807, 2.05) is 0 Å². The molecule has 0 amide bonds. The molecule has 16 heavy (non-hydrogen) atoms. The maximum absolute atomic E-state index is 2.61. The van der Waals surface area contributed by atoms with Crippen LogP contribution < -0.4 is 4.90 Å². The van der Waals surface area contributed by atoms with E-state index in [-0.39, 0.29) is 0 Å². The Labute approximate surface area is 97.8 Å². The first-order chi connectivity index (χ1) is 7.82. The van der Waals surface area contributed by atoms with Gasteiger partial charge in [-0.15, -0.1) is 0 Å². The quantitative estimate of drug-likeness (QED) is 0.643. The molecule has 0 bridgehead atoms. The van der Waals surface area contributed by atoms with Gasteiger partial charge in [0.05, 0.1) is 5.54 Å². The van der Waals surface area contributed by atoms with Gasteiger partial charge in [-0.1, -0.05) is 43.2 Å². The van der Waals surface area contributed by atoms with Crippen LogP contribution in [-0.2, 0) is 0 Å². The molecule has 3 rings (SSSR count). The second-order valence-corrected chi connectivity index (χ2v) is 5.11. The van der Waals surface area contributed by atoms with Gasteiger partial charge in [0.15, 0.2) is 0 Å². The lowest BCUT2D eigenvalue weighted by Gasteiger charge is -2.37. The SMILES string of the molecule is Cc1ccccc1N1CC=CC12CCCC2. The smallest absolute Gasteiger partial charge is 0.0589 e. The molecular formula is C15H19N. The summed E-state index contributed by atoms with van der Waals surface area (Å²) in [4.78, 5) is 2.61. The van der Waals surface area contributed by atoms with Gasteiger partial charge >= 0.3 is 0 Å². The van der Waals surface area contributed by atoms with Gasteiger partial charge in [-0.25, -0.2) is 0 Å². The van der Waals surface area contributed by atoms with Crippen molar-refractivity contribution in [2.24, 2.45) is 0 Å². The van der Waals surface area contributed by atoms with Crippen molar-refractivity contribution >= 4 is 5.69 Å². The van der Waals surface area contributed by atoms with E-state index in [0.29, 0.717) is 5.54 Å². The Morgan fingerprint density at radius 1 is 1.12 bits per heavy atom.